The van der Waals surface area contributed by atoms with Crippen molar-refractivity contribution in [3.05, 3.63) is 66.0 Å². The molecule has 2 aromatic carbocycles. The average Bonchev–Trinajstić information content (AvgIpc) is 2.33. The first-order valence-electron chi connectivity index (χ1n) is 5.27. The van der Waals surface area contributed by atoms with Crippen molar-refractivity contribution < 1.29 is 4.39 Å². The highest BCUT2D eigenvalue weighted by Gasteiger charge is 1.96. The molecule has 0 radical (unpaired) electrons. The summed E-state index contributed by atoms with van der Waals surface area (Å²) in [6.07, 6.45) is 1.04. The quantitative estimate of drug-likeness (QED) is 0.713. The van der Waals surface area contributed by atoms with Crippen molar-refractivity contribution in [2.45, 2.75) is 11.3 Å². The molecule has 0 spiro atoms. The van der Waals surface area contributed by atoms with Gasteiger partial charge in [-0.3, -0.25) is 0 Å². The molecule has 2 rings (SSSR count). The van der Waals surface area contributed by atoms with Gasteiger partial charge in [0.2, 0.25) is 0 Å². The topological polar surface area (TPSA) is 0 Å². The van der Waals surface area contributed by atoms with Crippen LogP contribution in [0.3, 0.4) is 0 Å². The first-order chi connectivity index (χ1) is 7.84. The van der Waals surface area contributed by atoms with Crippen molar-refractivity contribution in [1.82, 2.24) is 0 Å². The van der Waals surface area contributed by atoms with Gasteiger partial charge in [-0.1, -0.05) is 30.3 Å². The zero-order valence-corrected chi connectivity index (χ0v) is 9.71. The van der Waals surface area contributed by atoms with Crippen molar-refractivity contribution in [3.8, 4) is 0 Å². The van der Waals surface area contributed by atoms with Gasteiger partial charge in [0.15, 0.2) is 0 Å². The van der Waals surface area contributed by atoms with Crippen LogP contribution in [0.25, 0.3) is 0 Å². The summed E-state index contributed by atoms with van der Waals surface area (Å²) in [4.78, 5) is 1.12. The highest BCUT2D eigenvalue weighted by atomic mass is 32.2. The molecule has 0 amide bonds. The number of thioether (sulfide) groups is 1. The van der Waals surface area contributed by atoms with E-state index in [2.05, 4.69) is 24.3 Å². The summed E-state index contributed by atoms with van der Waals surface area (Å²) in [5.41, 5.74) is 1.34. The number of hydrogen-bond acceptors (Lipinski definition) is 1. The maximum Gasteiger partial charge on any atom is 0.123 e. The van der Waals surface area contributed by atoms with E-state index in [-0.39, 0.29) is 5.82 Å². The predicted octanol–water partition coefficient (Wildman–Crippen LogP) is 4.16. The normalized spacial score (nSPS) is 10.3. The summed E-state index contributed by atoms with van der Waals surface area (Å²) < 4.78 is 12.7. The lowest BCUT2D eigenvalue weighted by atomic mass is 10.2. The summed E-state index contributed by atoms with van der Waals surface area (Å²) in [7, 11) is 0. The van der Waals surface area contributed by atoms with Gasteiger partial charge in [-0.15, -0.1) is 11.8 Å². The van der Waals surface area contributed by atoms with Crippen LogP contribution in [-0.4, -0.2) is 5.75 Å². The maximum absolute atomic E-state index is 12.7. The lowest BCUT2D eigenvalue weighted by molar-refractivity contribution is 0.626. The fourth-order valence-electron chi connectivity index (χ4n) is 1.46. The second-order valence-corrected chi connectivity index (χ2v) is 4.71. The van der Waals surface area contributed by atoms with E-state index in [1.165, 1.54) is 17.7 Å². The van der Waals surface area contributed by atoms with Crippen molar-refractivity contribution in [2.24, 2.45) is 0 Å². The van der Waals surface area contributed by atoms with Gasteiger partial charge in [0, 0.05) is 10.6 Å². The first kappa shape index (κ1) is 11.2. The van der Waals surface area contributed by atoms with E-state index >= 15 is 0 Å². The second kappa shape index (κ2) is 5.71. The molecule has 0 N–H and O–H groups in total. The molecule has 0 bridgehead atoms. The molecule has 16 heavy (non-hydrogen) atoms. The van der Waals surface area contributed by atoms with E-state index < -0.39 is 0 Å². The third-order valence-corrected chi connectivity index (χ3v) is 3.33. The van der Waals surface area contributed by atoms with Crippen LogP contribution in [-0.2, 0) is 6.42 Å². The maximum atomic E-state index is 12.7. The van der Waals surface area contributed by atoms with Crippen molar-refractivity contribution in [2.75, 3.05) is 5.75 Å². The smallest absolute Gasteiger partial charge is 0.123 e. The molecule has 0 aliphatic carbocycles. The molecular weight excluding hydrogens is 219 g/mol. The van der Waals surface area contributed by atoms with Gasteiger partial charge in [0.1, 0.15) is 5.82 Å². The third-order valence-electron chi connectivity index (χ3n) is 2.32. The van der Waals surface area contributed by atoms with Crippen LogP contribution in [0.5, 0.6) is 0 Å². The summed E-state index contributed by atoms with van der Waals surface area (Å²) in [5.74, 6) is 0.850. The third kappa shape index (κ3) is 3.38. The summed E-state index contributed by atoms with van der Waals surface area (Å²) in [6, 6.07) is 17.1. The molecule has 82 valence electrons. The molecule has 2 aromatic rings. The van der Waals surface area contributed by atoms with E-state index in [1.54, 1.807) is 11.8 Å². The largest absolute Gasteiger partial charge is 0.207 e. The zero-order chi connectivity index (χ0) is 11.2. The van der Waals surface area contributed by atoms with Crippen LogP contribution in [0.15, 0.2) is 59.5 Å². The predicted molar refractivity (Wildman–Crippen MR) is 67.3 cm³/mol. The standard InChI is InChI=1S/C14H13FS/c15-13-6-8-14(9-7-13)16-11-10-12-4-2-1-3-5-12/h1-9H,10-11H2. The average molecular weight is 232 g/mol. The number of benzene rings is 2. The Hall–Kier alpha value is -1.28. The van der Waals surface area contributed by atoms with E-state index in [9.17, 15) is 4.39 Å². The van der Waals surface area contributed by atoms with E-state index in [4.69, 9.17) is 0 Å². The van der Waals surface area contributed by atoms with Gasteiger partial charge in [0.05, 0.1) is 0 Å². The molecular formula is C14H13FS. The van der Waals surface area contributed by atoms with Crippen LogP contribution < -0.4 is 0 Å². The Balaban J connectivity index is 1.82. The molecule has 2 heteroatoms. The van der Waals surface area contributed by atoms with Crippen molar-refractivity contribution in [3.63, 3.8) is 0 Å². The Morgan fingerprint density at radius 1 is 0.875 bits per heavy atom. The Labute approximate surface area is 99.5 Å². The minimum atomic E-state index is -0.174. The molecule has 0 nitrogen and oxygen atoms in total. The Kier molecular flexibility index (Phi) is 4.00. The Morgan fingerprint density at radius 2 is 1.56 bits per heavy atom. The number of rotatable bonds is 4. The summed E-state index contributed by atoms with van der Waals surface area (Å²) in [5, 5.41) is 0. The molecule has 0 unspecified atom stereocenters. The summed E-state index contributed by atoms with van der Waals surface area (Å²) >= 11 is 1.76. The SMILES string of the molecule is Fc1ccc(SCCc2ccccc2)cc1. The molecule has 0 fully saturated rings. The number of halogens is 1. The lowest BCUT2D eigenvalue weighted by Gasteiger charge is -2.01. The van der Waals surface area contributed by atoms with Gasteiger partial charge in [0.25, 0.3) is 0 Å². The van der Waals surface area contributed by atoms with Gasteiger partial charge < -0.3 is 0 Å². The molecule has 0 aromatic heterocycles. The first-order valence-corrected chi connectivity index (χ1v) is 6.25. The van der Waals surface area contributed by atoms with Crippen LogP contribution in [0.2, 0.25) is 0 Å². The molecule has 0 aliphatic heterocycles. The van der Waals surface area contributed by atoms with E-state index in [1.807, 2.05) is 18.2 Å². The second-order valence-electron chi connectivity index (χ2n) is 3.54. The number of hydrogen-bond donors (Lipinski definition) is 0. The van der Waals surface area contributed by atoms with Crippen LogP contribution in [0.1, 0.15) is 5.56 Å². The zero-order valence-electron chi connectivity index (χ0n) is 8.90. The molecule has 0 atom stereocenters. The monoisotopic (exact) mass is 232 g/mol. The van der Waals surface area contributed by atoms with Crippen molar-refractivity contribution >= 4 is 11.8 Å². The van der Waals surface area contributed by atoms with Crippen LogP contribution >= 0.6 is 11.8 Å². The Morgan fingerprint density at radius 3 is 2.25 bits per heavy atom. The van der Waals surface area contributed by atoms with E-state index in [0.717, 1.165) is 17.1 Å². The molecule has 0 saturated heterocycles. The lowest BCUT2D eigenvalue weighted by Crippen LogP contribution is -1.87. The van der Waals surface area contributed by atoms with Gasteiger partial charge in [-0.05, 0) is 36.2 Å². The van der Waals surface area contributed by atoms with Gasteiger partial charge >= 0.3 is 0 Å². The highest BCUT2D eigenvalue weighted by Crippen LogP contribution is 2.19. The van der Waals surface area contributed by atoms with Crippen molar-refractivity contribution in [1.29, 1.82) is 0 Å². The fourth-order valence-corrected chi connectivity index (χ4v) is 2.36. The highest BCUT2D eigenvalue weighted by molar-refractivity contribution is 7.99. The van der Waals surface area contributed by atoms with Gasteiger partial charge in [-0.2, -0.15) is 0 Å². The number of aryl methyl sites for hydroxylation is 1. The minimum absolute atomic E-state index is 0.174. The molecule has 0 heterocycles. The molecule has 0 aliphatic rings. The summed E-state index contributed by atoms with van der Waals surface area (Å²) in [6.45, 7) is 0. The van der Waals surface area contributed by atoms with Crippen LogP contribution in [0.4, 0.5) is 4.39 Å². The van der Waals surface area contributed by atoms with Crippen LogP contribution in [0, 0.1) is 5.82 Å². The Bertz CT molecular complexity index is 422. The minimum Gasteiger partial charge on any atom is -0.207 e. The van der Waals surface area contributed by atoms with E-state index in [0.29, 0.717) is 0 Å². The molecule has 0 saturated carbocycles. The van der Waals surface area contributed by atoms with Gasteiger partial charge in [-0.25, -0.2) is 4.39 Å². The fraction of sp³-hybridized carbons (Fsp3) is 0.143.